The van der Waals surface area contributed by atoms with Gasteiger partial charge in [0, 0.05) is 19.1 Å². The maximum absolute atomic E-state index is 12.2. The molecule has 3 heterocycles. The summed E-state index contributed by atoms with van der Waals surface area (Å²) in [5, 5.41) is 7.13. The van der Waals surface area contributed by atoms with E-state index in [1.807, 2.05) is 0 Å². The molecule has 2 aliphatic heterocycles. The maximum Gasteiger partial charge on any atom is 0.234 e. The van der Waals surface area contributed by atoms with E-state index in [0.717, 1.165) is 63.4 Å². The minimum atomic E-state index is 0.0540. The van der Waals surface area contributed by atoms with Crippen LogP contribution in [0.4, 0.5) is 0 Å². The Morgan fingerprint density at radius 1 is 1.26 bits per heavy atom. The minimum Gasteiger partial charge on any atom is -0.376 e. The summed E-state index contributed by atoms with van der Waals surface area (Å²) >= 11 is 0. The monoisotopic (exact) mass is 320 g/mol. The first-order valence-electron chi connectivity index (χ1n) is 8.75. The highest BCUT2D eigenvalue weighted by Crippen LogP contribution is 2.40. The molecule has 0 radical (unpaired) electrons. The maximum atomic E-state index is 12.2. The lowest BCUT2D eigenvalue weighted by molar-refractivity contribution is -0.123. The number of nitrogens with one attached hydrogen (secondary N) is 1. The third-order valence-corrected chi connectivity index (χ3v) is 4.94. The van der Waals surface area contributed by atoms with Gasteiger partial charge in [-0.25, -0.2) is 0 Å². The van der Waals surface area contributed by atoms with Crippen LogP contribution in [0.25, 0.3) is 0 Å². The second-order valence-electron chi connectivity index (χ2n) is 6.83. The van der Waals surface area contributed by atoms with Gasteiger partial charge in [0.1, 0.15) is 0 Å². The lowest BCUT2D eigenvalue weighted by Crippen LogP contribution is -2.40. The molecule has 0 bridgehead atoms. The average molecular weight is 320 g/mol. The van der Waals surface area contributed by atoms with E-state index in [1.54, 1.807) is 0 Å². The molecule has 3 fully saturated rings. The second kappa shape index (κ2) is 6.57. The van der Waals surface area contributed by atoms with Crippen molar-refractivity contribution in [2.75, 3.05) is 26.2 Å². The van der Waals surface area contributed by atoms with Crippen molar-refractivity contribution in [1.82, 2.24) is 20.4 Å². The normalized spacial score (nSPS) is 28.3. The summed E-state index contributed by atoms with van der Waals surface area (Å²) in [5.41, 5.74) is 0. The highest BCUT2D eigenvalue weighted by molar-refractivity contribution is 5.78. The Morgan fingerprint density at radius 3 is 2.96 bits per heavy atom. The minimum absolute atomic E-state index is 0.0540. The second-order valence-corrected chi connectivity index (χ2v) is 6.83. The fraction of sp³-hybridized carbons (Fsp3) is 0.812. The number of likely N-dealkylation sites (tertiary alicyclic amines) is 1. The Balaban J connectivity index is 1.30. The van der Waals surface area contributed by atoms with Crippen LogP contribution in [0.15, 0.2) is 4.52 Å². The van der Waals surface area contributed by atoms with Gasteiger partial charge in [-0.1, -0.05) is 5.16 Å². The van der Waals surface area contributed by atoms with Gasteiger partial charge in [-0.2, -0.15) is 4.98 Å². The molecule has 2 atom stereocenters. The smallest absolute Gasteiger partial charge is 0.234 e. The van der Waals surface area contributed by atoms with E-state index in [9.17, 15) is 4.79 Å². The topological polar surface area (TPSA) is 80.5 Å². The van der Waals surface area contributed by atoms with Crippen molar-refractivity contribution in [2.24, 2.45) is 0 Å². The molecule has 7 heteroatoms. The first-order chi connectivity index (χ1) is 11.3. The Morgan fingerprint density at radius 2 is 2.17 bits per heavy atom. The molecule has 0 spiro atoms. The molecule has 1 N–H and O–H groups in total. The Bertz CT molecular complexity index is 551. The molecule has 1 aromatic heterocycles. The summed E-state index contributed by atoms with van der Waals surface area (Å²) in [4.78, 5) is 18.9. The predicted octanol–water partition coefficient (Wildman–Crippen LogP) is 1.38. The van der Waals surface area contributed by atoms with Crippen molar-refractivity contribution in [3.05, 3.63) is 11.7 Å². The van der Waals surface area contributed by atoms with Gasteiger partial charge in [-0.15, -0.1) is 0 Å². The predicted molar refractivity (Wildman–Crippen MR) is 81.8 cm³/mol. The lowest BCUT2D eigenvalue weighted by Gasteiger charge is -2.21. The van der Waals surface area contributed by atoms with Gasteiger partial charge >= 0.3 is 0 Å². The van der Waals surface area contributed by atoms with Crippen molar-refractivity contribution in [1.29, 1.82) is 0 Å². The number of nitrogens with zero attached hydrogens (tertiary/aromatic N) is 3. The standard InChI is InChI=1S/C16H24N4O3/c21-14(17-9-12-3-2-8-22-12)10-20-7-1-4-13(20)15-18-16(23-19-15)11-5-6-11/h11-13H,1-10H2,(H,17,21). The van der Waals surface area contributed by atoms with Crippen LogP contribution in [0.1, 0.15) is 62.2 Å². The van der Waals surface area contributed by atoms with Gasteiger partial charge in [0.05, 0.1) is 18.7 Å². The third kappa shape index (κ3) is 3.55. The van der Waals surface area contributed by atoms with E-state index < -0.39 is 0 Å². The number of hydrogen-bond donors (Lipinski definition) is 1. The fourth-order valence-corrected chi connectivity index (χ4v) is 3.46. The molecule has 126 valence electrons. The number of amides is 1. The highest BCUT2D eigenvalue weighted by Gasteiger charge is 2.34. The van der Waals surface area contributed by atoms with Crippen LogP contribution in [0, 0.1) is 0 Å². The van der Waals surface area contributed by atoms with Gasteiger partial charge in [-0.3, -0.25) is 9.69 Å². The van der Waals surface area contributed by atoms with Gasteiger partial charge < -0.3 is 14.6 Å². The largest absolute Gasteiger partial charge is 0.376 e. The first kappa shape index (κ1) is 15.1. The number of rotatable bonds is 6. The number of carbonyl (C=O) groups is 1. The number of aromatic nitrogens is 2. The molecule has 1 aromatic rings. The SMILES string of the molecule is O=C(CN1CCCC1c1noc(C2CC2)n1)NCC1CCCO1. The summed E-state index contributed by atoms with van der Waals surface area (Å²) < 4.78 is 10.9. The molecule has 0 aromatic carbocycles. The average Bonchev–Trinajstić information content (AvgIpc) is 2.99. The zero-order valence-corrected chi connectivity index (χ0v) is 13.4. The number of hydrogen-bond acceptors (Lipinski definition) is 6. The zero-order chi connectivity index (χ0) is 15.6. The fourth-order valence-electron chi connectivity index (χ4n) is 3.46. The van der Waals surface area contributed by atoms with Crippen LogP contribution in [-0.4, -0.2) is 53.3 Å². The highest BCUT2D eigenvalue weighted by atomic mass is 16.5. The van der Waals surface area contributed by atoms with Gasteiger partial charge in [-0.05, 0) is 45.1 Å². The van der Waals surface area contributed by atoms with Crippen LogP contribution < -0.4 is 5.32 Å². The molecular formula is C16H24N4O3. The quantitative estimate of drug-likeness (QED) is 0.853. The molecule has 1 aliphatic carbocycles. The summed E-state index contributed by atoms with van der Waals surface area (Å²) in [6, 6.07) is 0.111. The Kier molecular flexibility index (Phi) is 4.31. The summed E-state index contributed by atoms with van der Waals surface area (Å²) in [6.45, 7) is 2.73. The number of carbonyl (C=O) groups excluding carboxylic acids is 1. The first-order valence-corrected chi connectivity index (χ1v) is 8.75. The van der Waals surface area contributed by atoms with Crippen molar-refractivity contribution in [3.63, 3.8) is 0 Å². The summed E-state index contributed by atoms with van der Waals surface area (Å²) in [5.74, 6) is 2.05. The van der Waals surface area contributed by atoms with Crippen LogP contribution in [0.5, 0.6) is 0 Å². The van der Waals surface area contributed by atoms with Crippen molar-refractivity contribution in [2.45, 2.75) is 56.6 Å². The van der Waals surface area contributed by atoms with Crippen LogP contribution in [-0.2, 0) is 9.53 Å². The zero-order valence-electron chi connectivity index (χ0n) is 13.4. The van der Waals surface area contributed by atoms with E-state index in [2.05, 4.69) is 20.4 Å². The molecule has 4 rings (SSSR count). The Labute approximate surface area is 135 Å². The molecule has 1 amide bonds. The van der Waals surface area contributed by atoms with Crippen molar-refractivity contribution < 1.29 is 14.1 Å². The molecule has 3 aliphatic rings. The van der Waals surface area contributed by atoms with Gasteiger partial charge in [0.15, 0.2) is 5.82 Å². The summed E-state index contributed by atoms with van der Waals surface area (Å²) in [7, 11) is 0. The van der Waals surface area contributed by atoms with E-state index >= 15 is 0 Å². The van der Waals surface area contributed by atoms with E-state index in [0.29, 0.717) is 19.0 Å². The summed E-state index contributed by atoms with van der Waals surface area (Å²) in [6.07, 6.45) is 6.68. The third-order valence-electron chi connectivity index (χ3n) is 4.94. The van der Waals surface area contributed by atoms with Gasteiger partial charge in [0.2, 0.25) is 11.8 Å². The molecule has 2 unspecified atom stereocenters. The lowest BCUT2D eigenvalue weighted by atomic mass is 10.2. The number of ether oxygens (including phenoxy) is 1. The molecular weight excluding hydrogens is 296 g/mol. The van der Waals surface area contributed by atoms with Crippen LogP contribution in [0.2, 0.25) is 0 Å². The van der Waals surface area contributed by atoms with Gasteiger partial charge in [0.25, 0.3) is 0 Å². The van der Waals surface area contributed by atoms with Crippen LogP contribution >= 0.6 is 0 Å². The van der Waals surface area contributed by atoms with Crippen molar-refractivity contribution in [3.8, 4) is 0 Å². The van der Waals surface area contributed by atoms with Crippen LogP contribution in [0.3, 0.4) is 0 Å². The van der Waals surface area contributed by atoms with E-state index in [4.69, 9.17) is 9.26 Å². The molecule has 2 saturated heterocycles. The molecule has 7 nitrogen and oxygen atoms in total. The van der Waals surface area contributed by atoms with E-state index in [1.165, 1.54) is 0 Å². The molecule has 23 heavy (non-hydrogen) atoms. The van der Waals surface area contributed by atoms with Crippen molar-refractivity contribution >= 4 is 5.91 Å². The molecule has 1 saturated carbocycles. The van der Waals surface area contributed by atoms with E-state index in [-0.39, 0.29) is 18.1 Å². The Hall–Kier alpha value is -1.47.